The minimum Gasteiger partial charge on any atom is -0.368 e. The van der Waals surface area contributed by atoms with E-state index in [9.17, 15) is 9.59 Å². The second-order valence-electron chi connectivity index (χ2n) is 4.11. The van der Waals surface area contributed by atoms with Gasteiger partial charge in [0.05, 0.1) is 0 Å². The lowest BCUT2D eigenvalue weighted by atomic mass is 10.2. The number of carbonyl (C=O) groups excluding carboxylic acids is 2. The highest BCUT2D eigenvalue weighted by Gasteiger charge is 2.34. The Balaban J connectivity index is 2.16. The molecule has 0 spiro atoms. The van der Waals surface area contributed by atoms with Gasteiger partial charge in [0, 0.05) is 18.0 Å². The second kappa shape index (κ2) is 4.75. The fourth-order valence-corrected chi connectivity index (χ4v) is 2.27. The van der Waals surface area contributed by atoms with E-state index in [0.29, 0.717) is 24.4 Å². The molecule has 1 fully saturated rings. The van der Waals surface area contributed by atoms with E-state index in [2.05, 4.69) is 0 Å². The van der Waals surface area contributed by atoms with Crippen molar-refractivity contribution in [2.75, 3.05) is 0 Å². The van der Waals surface area contributed by atoms with E-state index in [0.717, 1.165) is 5.56 Å². The van der Waals surface area contributed by atoms with Gasteiger partial charge in [-0.2, -0.15) is 0 Å². The zero-order valence-corrected chi connectivity index (χ0v) is 9.98. The predicted octanol–water partition coefficient (Wildman–Crippen LogP) is 1.32. The summed E-state index contributed by atoms with van der Waals surface area (Å²) in [6.07, 6.45) is 0.892. The van der Waals surface area contributed by atoms with E-state index in [1.165, 1.54) is 4.90 Å². The lowest BCUT2D eigenvalue weighted by molar-refractivity contribution is -0.134. The van der Waals surface area contributed by atoms with Crippen LogP contribution in [0.15, 0.2) is 24.3 Å². The molecule has 2 amide bonds. The molecule has 2 rings (SSSR count). The molecule has 2 N–H and O–H groups in total. The largest absolute Gasteiger partial charge is 0.368 e. The number of nitrogens with two attached hydrogens (primary N) is 1. The van der Waals surface area contributed by atoms with Gasteiger partial charge in [-0.1, -0.05) is 23.7 Å². The Morgan fingerprint density at radius 2 is 2.29 bits per heavy atom. The van der Waals surface area contributed by atoms with Crippen molar-refractivity contribution in [2.24, 2.45) is 5.73 Å². The van der Waals surface area contributed by atoms with Crippen LogP contribution in [-0.2, 0) is 16.1 Å². The fourth-order valence-electron chi connectivity index (χ4n) is 2.06. The molecule has 1 aromatic rings. The topological polar surface area (TPSA) is 63.4 Å². The quantitative estimate of drug-likeness (QED) is 0.882. The van der Waals surface area contributed by atoms with Crippen molar-refractivity contribution >= 4 is 23.4 Å². The van der Waals surface area contributed by atoms with Crippen LogP contribution < -0.4 is 5.73 Å². The first-order valence-electron chi connectivity index (χ1n) is 5.41. The second-order valence-corrected chi connectivity index (χ2v) is 4.54. The Morgan fingerprint density at radius 1 is 1.53 bits per heavy atom. The highest BCUT2D eigenvalue weighted by molar-refractivity contribution is 6.30. The molecule has 0 radical (unpaired) electrons. The molecular formula is C12H13ClN2O2. The van der Waals surface area contributed by atoms with Gasteiger partial charge in [-0.15, -0.1) is 0 Å². The summed E-state index contributed by atoms with van der Waals surface area (Å²) < 4.78 is 0. The van der Waals surface area contributed by atoms with Crippen molar-refractivity contribution in [3.63, 3.8) is 0 Å². The fraction of sp³-hybridized carbons (Fsp3) is 0.333. The van der Waals surface area contributed by atoms with Crippen LogP contribution in [0.2, 0.25) is 5.02 Å². The maximum Gasteiger partial charge on any atom is 0.240 e. The van der Waals surface area contributed by atoms with Crippen molar-refractivity contribution in [1.82, 2.24) is 4.90 Å². The van der Waals surface area contributed by atoms with E-state index in [1.807, 2.05) is 12.1 Å². The SMILES string of the molecule is NC(=O)C1CCC(=O)N1Cc1cccc(Cl)c1. The summed E-state index contributed by atoms with van der Waals surface area (Å²) in [5.41, 5.74) is 6.18. The lowest BCUT2D eigenvalue weighted by Gasteiger charge is -2.22. The summed E-state index contributed by atoms with van der Waals surface area (Å²) in [7, 11) is 0. The smallest absolute Gasteiger partial charge is 0.240 e. The molecule has 4 nitrogen and oxygen atoms in total. The molecule has 0 saturated carbocycles. The summed E-state index contributed by atoms with van der Waals surface area (Å²) in [6.45, 7) is 0.382. The number of hydrogen-bond donors (Lipinski definition) is 1. The number of halogens is 1. The summed E-state index contributed by atoms with van der Waals surface area (Å²) in [5, 5.41) is 0.616. The summed E-state index contributed by atoms with van der Waals surface area (Å²) in [6, 6.07) is 6.75. The van der Waals surface area contributed by atoms with Gasteiger partial charge >= 0.3 is 0 Å². The van der Waals surface area contributed by atoms with E-state index in [4.69, 9.17) is 17.3 Å². The Bertz CT molecular complexity index is 462. The number of hydrogen-bond acceptors (Lipinski definition) is 2. The van der Waals surface area contributed by atoms with Crippen molar-refractivity contribution in [3.8, 4) is 0 Å². The molecule has 1 aliphatic rings. The van der Waals surface area contributed by atoms with Crippen LogP contribution in [0, 0.1) is 0 Å². The van der Waals surface area contributed by atoms with Crippen molar-refractivity contribution in [2.45, 2.75) is 25.4 Å². The van der Waals surface area contributed by atoms with Crippen LogP contribution in [0.25, 0.3) is 0 Å². The van der Waals surface area contributed by atoms with Crippen LogP contribution >= 0.6 is 11.6 Å². The number of amides is 2. The van der Waals surface area contributed by atoms with Gasteiger partial charge in [0.15, 0.2) is 0 Å². The number of carbonyl (C=O) groups is 2. The molecule has 5 heteroatoms. The maximum atomic E-state index is 11.7. The molecule has 17 heavy (non-hydrogen) atoms. The Labute approximate surface area is 104 Å². The third-order valence-electron chi connectivity index (χ3n) is 2.90. The van der Waals surface area contributed by atoms with Crippen LogP contribution in [0.3, 0.4) is 0 Å². The summed E-state index contributed by atoms with van der Waals surface area (Å²) >= 11 is 5.87. The van der Waals surface area contributed by atoms with Gasteiger partial charge in [-0.3, -0.25) is 9.59 Å². The van der Waals surface area contributed by atoms with E-state index in [-0.39, 0.29) is 5.91 Å². The van der Waals surface area contributed by atoms with Crippen molar-refractivity contribution in [1.29, 1.82) is 0 Å². The Morgan fingerprint density at radius 3 is 2.94 bits per heavy atom. The molecule has 1 atom stereocenters. The van der Waals surface area contributed by atoms with Crippen LogP contribution in [0.1, 0.15) is 18.4 Å². The molecular weight excluding hydrogens is 240 g/mol. The van der Waals surface area contributed by atoms with E-state index < -0.39 is 11.9 Å². The van der Waals surface area contributed by atoms with Gasteiger partial charge in [0.2, 0.25) is 11.8 Å². The van der Waals surface area contributed by atoms with Crippen LogP contribution in [0.5, 0.6) is 0 Å². The van der Waals surface area contributed by atoms with E-state index in [1.54, 1.807) is 12.1 Å². The van der Waals surface area contributed by atoms with Gasteiger partial charge in [0.25, 0.3) is 0 Å². The molecule has 1 aromatic carbocycles. The summed E-state index contributed by atoms with van der Waals surface area (Å²) in [5.74, 6) is -0.480. The number of primary amides is 1. The van der Waals surface area contributed by atoms with Crippen LogP contribution in [-0.4, -0.2) is 22.8 Å². The molecule has 0 bridgehead atoms. The standard InChI is InChI=1S/C12H13ClN2O2/c13-9-3-1-2-8(6-9)7-15-10(12(14)17)4-5-11(15)16/h1-3,6,10H,4-5,7H2,(H2,14,17). The zero-order chi connectivity index (χ0) is 12.4. The molecule has 90 valence electrons. The number of benzene rings is 1. The number of nitrogens with zero attached hydrogens (tertiary/aromatic N) is 1. The molecule has 1 heterocycles. The number of likely N-dealkylation sites (tertiary alicyclic amines) is 1. The van der Waals surface area contributed by atoms with E-state index >= 15 is 0 Å². The lowest BCUT2D eigenvalue weighted by Crippen LogP contribution is -2.41. The summed E-state index contributed by atoms with van der Waals surface area (Å²) in [4.78, 5) is 24.4. The minimum absolute atomic E-state index is 0.0335. The van der Waals surface area contributed by atoms with Gasteiger partial charge in [-0.25, -0.2) is 0 Å². The minimum atomic E-state index is -0.485. The molecule has 1 aliphatic heterocycles. The van der Waals surface area contributed by atoms with Gasteiger partial charge in [-0.05, 0) is 24.1 Å². The third kappa shape index (κ3) is 2.58. The van der Waals surface area contributed by atoms with Gasteiger partial charge < -0.3 is 10.6 Å². The van der Waals surface area contributed by atoms with Crippen LogP contribution in [0.4, 0.5) is 0 Å². The van der Waals surface area contributed by atoms with Crippen molar-refractivity contribution in [3.05, 3.63) is 34.9 Å². The maximum absolute atomic E-state index is 11.7. The highest BCUT2D eigenvalue weighted by Crippen LogP contribution is 2.22. The molecule has 0 aromatic heterocycles. The average Bonchev–Trinajstić information content (AvgIpc) is 2.61. The Hall–Kier alpha value is -1.55. The monoisotopic (exact) mass is 252 g/mol. The number of rotatable bonds is 3. The van der Waals surface area contributed by atoms with Crippen molar-refractivity contribution < 1.29 is 9.59 Å². The molecule has 0 aliphatic carbocycles. The van der Waals surface area contributed by atoms with Gasteiger partial charge in [0.1, 0.15) is 6.04 Å². The average molecular weight is 253 g/mol. The Kier molecular flexibility index (Phi) is 3.33. The first-order chi connectivity index (χ1) is 8.08. The first kappa shape index (κ1) is 11.9. The first-order valence-corrected chi connectivity index (χ1v) is 5.79. The predicted molar refractivity (Wildman–Crippen MR) is 64.2 cm³/mol. The normalized spacial score (nSPS) is 19.7. The zero-order valence-electron chi connectivity index (χ0n) is 9.23. The third-order valence-corrected chi connectivity index (χ3v) is 3.13. The molecule has 1 saturated heterocycles. The molecule has 1 unspecified atom stereocenters. The highest BCUT2D eigenvalue weighted by atomic mass is 35.5.